The molecule has 0 aliphatic heterocycles. The van der Waals surface area contributed by atoms with Crippen LogP contribution in [0.15, 0.2) is 30.9 Å². The number of carbonyl (C=O) groups excluding carboxylic acids is 1. The van der Waals surface area contributed by atoms with Gasteiger partial charge in [0.05, 0.1) is 0 Å². The lowest BCUT2D eigenvalue weighted by atomic mass is 9.98. The number of unbranched alkanes of at least 4 members (excludes halogenated alkanes) is 2. The first-order valence-electron chi connectivity index (χ1n) is 7.42. The zero-order valence-electron chi connectivity index (χ0n) is 12.6. The standard InChI is InChI=1S/C17H24O2Si/c1-4-7-10-14-11-9-13-16(15(14)12-8-5-2)20-19-17(18)6-3/h6,9,11,13H,3-5,7-8,10,12H2,1-2H3. The zero-order chi connectivity index (χ0) is 14.8. The lowest BCUT2D eigenvalue weighted by Crippen LogP contribution is -2.25. The van der Waals surface area contributed by atoms with E-state index in [-0.39, 0.29) is 15.7 Å². The Kier molecular flexibility index (Phi) is 7.96. The van der Waals surface area contributed by atoms with Crippen LogP contribution >= 0.6 is 0 Å². The molecule has 1 rings (SSSR count). The van der Waals surface area contributed by atoms with Crippen LogP contribution in [0, 0.1) is 0 Å². The van der Waals surface area contributed by atoms with Gasteiger partial charge in [-0.3, -0.25) is 0 Å². The quantitative estimate of drug-likeness (QED) is 0.514. The summed E-state index contributed by atoms with van der Waals surface area (Å²) in [4.78, 5) is 11.2. The smallest absolute Gasteiger partial charge is 0.356 e. The van der Waals surface area contributed by atoms with Crippen molar-refractivity contribution < 1.29 is 9.22 Å². The molecule has 2 radical (unpaired) electrons. The molecule has 20 heavy (non-hydrogen) atoms. The molecule has 1 aromatic rings. The zero-order valence-corrected chi connectivity index (χ0v) is 13.6. The maximum atomic E-state index is 11.2. The third kappa shape index (κ3) is 5.33. The number of benzene rings is 1. The van der Waals surface area contributed by atoms with Crippen LogP contribution in [-0.4, -0.2) is 15.7 Å². The van der Waals surface area contributed by atoms with Crippen molar-refractivity contribution in [3.63, 3.8) is 0 Å². The summed E-state index contributed by atoms with van der Waals surface area (Å²) in [6, 6.07) is 6.36. The lowest BCUT2D eigenvalue weighted by Gasteiger charge is -2.13. The summed E-state index contributed by atoms with van der Waals surface area (Å²) in [5, 5.41) is 1.17. The van der Waals surface area contributed by atoms with Gasteiger partial charge in [0.1, 0.15) is 0 Å². The van der Waals surface area contributed by atoms with E-state index < -0.39 is 0 Å². The monoisotopic (exact) mass is 288 g/mol. The second kappa shape index (κ2) is 9.53. The average Bonchev–Trinajstić information content (AvgIpc) is 2.48. The molecule has 0 atom stereocenters. The highest BCUT2D eigenvalue weighted by atomic mass is 28.2. The fourth-order valence-corrected chi connectivity index (χ4v) is 2.99. The Morgan fingerprint density at radius 2 is 1.95 bits per heavy atom. The molecule has 0 bridgehead atoms. The van der Waals surface area contributed by atoms with Crippen molar-refractivity contribution >= 4 is 20.9 Å². The van der Waals surface area contributed by atoms with Gasteiger partial charge in [0.15, 0.2) is 0 Å². The first-order chi connectivity index (χ1) is 9.72. The van der Waals surface area contributed by atoms with Crippen molar-refractivity contribution in [1.82, 2.24) is 0 Å². The lowest BCUT2D eigenvalue weighted by molar-refractivity contribution is -0.128. The highest BCUT2D eigenvalue weighted by Gasteiger charge is 2.11. The van der Waals surface area contributed by atoms with E-state index in [1.165, 1.54) is 48.1 Å². The van der Waals surface area contributed by atoms with Gasteiger partial charge in [-0.25, -0.2) is 4.79 Å². The largest absolute Gasteiger partial charge is 0.508 e. The summed E-state index contributed by atoms with van der Waals surface area (Å²) in [7, 11) is 0.0824. The predicted molar refractivity (Wildman–Crippen MR) is 85.3 cm³/mol. The number of carbonyl (C=O) groups is 1. The van der Waals surface area contributed by atoms with E-state index in [2.05, 4.69) is 38.6 Å². The molecule has 0 spiro atoms. The molecule has 0 saturated carbocycles. The van der Waals surface area contributed by atoms with E-state index in [1.54, 1.807) is 0 Å². The first-order valence-corrected chi connectivity index (χ1v) is 8.33. The fraction of sp³-hybridized carbons (Fsp3) is 0.471. The fourth-order valence-electron chi connectivity index (χ4n) is 2.13. The minimum atomic E-state index is -0.344. The van der Waals surface area contributed by atoms with Gasteiger partial charge in [0, 0.05) is 6.08 Å². The number of hydrogen-bond donors (Lipinski definition) is 0. The summed E-state index contributed by atoms with van der Waals surface area (Å²) in [5.74, 6) is -0.344. The molecule has 0 amide bonds. The highest BCUT2D eigenvalue weighted by molar-refractivity contribution is 6.49. The van der Waals surface area contributed by atoms with Crippen LogP contribution in [0.5, 0.6) is 0 Å². The molecule has 2 nitrogen and oxygen atoms in total. The molecule has 1 aromatic carbocycles. The summed E-state index contributed by atoms with van der Waals surface area (Å²) in [6.07, 6.45) is 8.17. The Hall–Kier alpha value is -1.35. The molecule has 0 N–H and O–H groups in total. The van der Waals surface area contributed by atoms with Crippen LogP contribution in [-0.2, 0) is 22.1 Å². The normalized spacial score (nSPS) is 10.3. The molecular formula is C17H24O2Si. The topological polar surface area (TPSA) is 26.3 Å². The van der Waals surface area contributed by atoms with Crippen LogP contribution in [0.3, 0.4) is 0 Å². The van der Waals surface area contributed by atoms with E-state index >= 15 is 0 Å². The molecule has 0 saturated heterocycles. The van der Waals surface area contributed by atoms with Crippen molar-refractivity contribution in [3.05, 3.63) is 42.0 Å². The van der Waals surface area contributed by atoms with Crippen LogP contribution in [0.1, 0.15) is 50.7 Å². The maximum Gasteiger partial charge on any atom is 0.356 e. The Bertz CT molecular complexity index is 441. The van der Waals surface area contributed by atoms with Crippen LogP contribution in [0.2, 0.25) is 0 Å². The van der Waals surface area contributed by atoms with E-state index in [0.29, 0.717) is 0 Å². The number of hydrogen-bond acceptors (Lipinski definition) is 2. The van der Waals surface area contributed by atoms with E-state index in [1.807, 2.05) is 0 Å². The van der Waals surface area contributed by atoms with Crippen molar-refractivity contribution in [3.8, 4) is 0 Å². The van der Waals surface area contributed by atoms with Gasteiger partial charge < -0.3 is 4.43 Å². The van der Waals surface area contributed by atoms with Gasteiger partial charge in [-0.05, 0) is 42.0 Å². The maximum absolute atomic E-state index is 11.2. The summed E-state index contributed by atoms with van der Waals surface area (Å²) >= 11 is 0. The van der Waals surface area contributed by atoms with Crippen molar-refractivity contribution in [2.45, 2.75) is 52.4 Å². The summed E-state index contributed by atoms with van der Waals surface area (Å²) in [6.45, 7) is 7.85. The Morgan fingerprint density at radius 1 is 1.25 bits per heavy atom. The van der Waals surface area contributed by atoms with Crippen molar-refractivity contribution in [2.24, 2.45) is 0 Å². The Morgan fingerprint density at radius 3 is 2.60 bits per heavy atom. The van der Waals surface area contributed by atoms with Gasteiger partial charge in [-0.15, -0.1) is 0 Å². The minimum Gasteiger partial charge on any atom is -0.508 e. The van der Waals surface area contributed by atoms with Gasteiger partial charge in [0.25, 0.3) is 0 Å². The molecule has 108 valence electrons. The Balaban J connectivity index is 2.88. The molecule has 0 unspecified atom stereocenters. The van der Waals surface area contributed by atoms with E-state index in [0.717, 1.165) is 12.8 Å². The molecule has 0 aliphatic rings. The molecule has 0 fully saturated rings. The first kappa shape index (κ1) is 16.7. The van der Waals surface area contributed by atoms with Crippen LogP contribution in [0.4, 0.5) is 0 Å². The second-order valence-electron chi connectivity index (χ2n) is 4.88. The molecule has 3 heteroatoms. The van der Waals surface area contributed by atoms with Crippen molar-refractivity contribution in [1.29, 1.82) is 0 Å². The summed E-state index contributed by atoms with van der Waals surface area (Å²) < 4.78 is 5.23. The van der Waals surface area contributed by atoms with Crippen LogP contribution in [0.25, 0.3) is 0 Å². The van der Waals surface area contributed by atoms with Gasteiger partial charge >= 0.3 is 15.7 Å². The molecular weight excluding hydrogens is 264 g/mol. The SMILES string of the molecule is C=CC(=O)O[Si]c1cccc(CCCC)c1CCCC. The predicted octanol–water partition coefficient (Wildman–Crippen LogP) is 3.35. The number of rotatable bonds is 9. The van der Waals surface area contributed by atoms with Crippen molar-refractivity contribution in [2.75, 3.05) is 0 Å². The highest BCUT2D eigenvalue weighted by Crippen LogP contribution is 2.13. The van der Waals surface area contributed by atoms with E-state index in [9.17, 15) is 4.79 Å². The van der Waals surface area contributed by atoms with Gasteiger partial charge in [-0.2, -0.15) is 0 Å². The number of aryl methyl sites for hydroxylation is 1. The molecule has 0 heterocycles. The second-order valence-corrected chi connectivity index (χ2v) is 5.82. The van der Waals surface area contributed by atoms with Gasteiger partial charge in [-0.1, -0.05) is 51.5 Å². The summed E-state index contributed by atoms with van der Waals surface area (Å²) in [5.41, 5.74) is 2.80. The molecule has 0 aromatic heterocycles. The van der Waals surface area contributed by atoms with Gasteiger partial charge in [0.2, 0.25) is 0 Å². The third-order valence-electron chi connectivity index (χ3n) is 3.28. The average molecular weight is 288 g/mol. The molecule has 0 aliphatic carbocycles. The minimum absolute atomic E-state index is 0.0824. The Labute approximate surface area is 125 Å². The van der Waals surface area contributed by atoms with E-state index in [4.69, 9.17) is 4.43 Å². The third-order valence-corrected chi connectivity index (χ3v) is 4.27. The van der Waals surface area contributed by atoms with Crippen LogP contribution < -0.4 is 5.19 Å².